The van der Waals surface area contributed by atoms with Crippen LogP contribution in [0, 0.1) is 23.2 Å². The van der Waals surface area contributed by atoms with Crippen LogP contribution in [0.25, 0.3) is 5.52 Å². The third kappa shape index (κ3) is 5.22. The van der Waals surface area contributed by atoms with Crippen LogP contribution in [0.3, 0.4) is 0 Å². The van der Waals surface area contributed by atoms with Crippen molar-refractivity contribution >= 4 is 23.2 Å². The van der Waals surface area contributed by atoms with E-state index in [1.807, 2.05) is 13.8 Å². The Morgan fingerprint density at radius 3 is 2.75 bits per heavy atom. The summed E-state index contributed by atoms with van der Waals surface area (Å²) in [5.74, 6) is 0.146. The van der Waals surface area contributed by atoms with E-state index in [1.165, 1.54) is 17.3 Å². The molecule has 0 unspecified atom stereocenters. The van der Waals surface area contributed by atoms with Crippen molar-refractivity contribution in [2.24, 2.45) is 11.8 Å². The molecule has 1 amide bonds. The number of aliphatic hydroxyl groups excluding tert-OH is 1. The Morgan fingerprint density at radius 2 is 2.06 bits per heavy atom. The maximum Gasteiger partial charge on any atom is 0.306 e. The van der Waals surface area contributed by atoms with Crippen molar-refractivity contribution in [2.75, 3.05) is 11.9 Å². The van der Waals surface area contributed by atoms with Crippen LogP contribution >= 0.6 is 0 Å². The first-order chi connectivity index (χ1) is 17.4. The number of nitriles is 1. The number of ether oxygens (including phenoxy) is 2. The van der Waals surface area contributed by atoms with E-state index in [0.29, 0.717) is 42.2 Å². The van der Waals surface area contributed by atoms with E-state index in [9.17, 15) is 20.0 Å². The molecule has 1 aliphatic carbocycles. The van der Waals surface area contributed by atoms with Gasteiger partial charge < -0.3 is 19.9 Å². The van der Waals surface area contributed by atoms with E-state index < -0.39 is 17.8 Å². The van der Waals surface area contributed by atoms with Crippen molar-refractivity contribution in [1.82, 2.24) is 14.6 Å². The van der Waals surface area contributed by atoms with Gasteiger partial charge in [0.15, 0.2) is 5.82 Å². The van der Waals surface area contributed by atoms with Crippen LogP contribution in [0.2, 0.25) is 0 Å². The molecule has 3 atom stereocenters. The first-order valence-electron chi connectivity index (χ1n) is 13.0. The molecule has 0 aromatic carbocycles. The van der Waals surface area contributed by atoms with Gasteiger partial charge in [0.1, 0.15) is 30.6 Å². The minimum absolute atomic E-state index is 0.0267. The molecule has 0 radical (unpaired) electrons. The average Bonchev–Trinajstić information content (AvgIpc) is 3.46. The number of nitrogens with zero attached hydrogens (tertiary/aromatic N) is 4. The van der Waals surface area contributed by atoms with E-state index in [1.54, 1.807) is 12.1 Å². The number of hydrogen-bond acceptors (Lipinski definition) is 8. The van der Waals surface area contributed by atoms with Crippen LogP contribution in [0.1, 0.15) is 77.3 Å². The van der Waals surface area contributed by atoms with Gasteiger partial charge in [-0.1, -0.05) is 33.1 Å². The Hall–Kier alpha value is -3.03. The van der Waals surface area contributed by atoms with Gasteiger partial charge in [-0.25, -0.2) is 9.50 Å². The van der Waals surface area contributed by atoms with E-state index in [-0.39, 0.29) is 30.8 Å². The van der Waals surface area contributed by atoms with E-state index in [4.69, 9.17) is 9.47 Å². The summed E-state index contributed by atoms with van der Waals surface area (Å²) < 4.78 is 13.0. The van der Waals surface area contributed by atoms with Crippen LogP contribution in [0.4, 0.5) is 5.82 Å². The topological polar surface area (TPSA) is 139 Å². The second-order valence-corrected chi connectivity index (χ2v) is 9.86. The standard InChI is InChI=1S/C26H35N5O5/c1-3-18(4-2)25(34)30-24-20-10-11-21(31(20)29-16-28-24)26(15-27)22(32)13-19(36-26)14-35-23(33)12-17-8-6-5-7-9-17/h10-11,16-19,22,32H,3-9,12-14H2,1-2H3,(H,28,29,30,34)/t19-,22-,26+/m1/s1. The Bertz CT molecular complexity index is 1120. The highest BCUT2D eigenvalue weighted by Crippen LogP contribution is 2.40. The molecule has 4 rings (SSSR count). The number of aliphatic hydroxyl groups is 1. The molecule has 0 bridgehead atoms. The maximum atomic E-state index is 12.6. The third-order valence-corrected chi connectivity index (χ3v) is 7.51. The molecule has 2 N–H and O–H groups in total. The highest BCUT2D eigenvalue weighted by molar-refractivity contribution is 5.95. The molecule has 36 heavy (non-hydrogen) atoms. The number of nitrogens with one attached hydrogen (secondary N) is 1. The lowest BCUT2D eigenvalue weighted by Gasteiger charge is -2.24. The summed E-state index contributed by atoms with van der Waals surface area (Å²) in [7, 11) is 0. The molecule has 3 heterocycles. The van der Waals surface area contributed by atoms with Crippen molar-refractivity contribution in [3.63, 3.8) is 0 Å². The number of rotatable bonds is 9. The molecule has 10 heteroatoms. The van der Waals surface area contributed by atoms with Gasteiger partial charge in [0.2, 0.25) is 11.5 Å². The highest BCUT2D eigenvalue weighted by atomic mass is 16.6. The number of aromatic nitrogens is 3. The fraction of sp³-hybridized carbons (Fsp3) is 0.654. The normalized spacial score (nSPS) is 24.6. The van der Waals surface area contributed by atoms with E-state index >= 15 is 0 Å². The number of anilines is 1. The first kappa shape index (κ1) is 26.0. The fourth-order valence-corrected chi connectivity index (χ4v) is 5.36. The van der Waals surface area contributed by atoms with Crippen molar-refractivity contribution in [3.05, 3.63) is 24.2 Å². The summed E-state index contributed by atoms with van der Waals surface area (Å²) >= 11 is 0. The highest BCUT2D eigenvalue weighted by Gasteiger charge is 2.52. The lowest BCUT2D eigenvalue weighted by atomic mass is 9.87. The summed E-state index contributed by atoms with van der Waals surface area (Å²) in [6, 6.07) is 5.45. The molecule has 2 aliphatic rings. The van der Waals surface area contributed by atoms with Gasteiger partial charge in [-0.05, 0) is 43.7 Å². The number of carbonyl (C=O) groups is 2. The summed E-state index contributed by atoms with van der Waals surface area (Å²) in [5, 5.41) is 28.1. The quantitative estimate of drug-likeness (QED) is 0.502. The SMILES string of the molecule is CCC(CC)C(=O)Nc1ncnn2c([C@]3(C#N)O[C@@H](COC(=O)CC4CCCCC4)C[C@H]3O)ccc12. The summed E-state index contributed by atoms with van der Waals surface area (Å²) in [5.41, 5.74) is -0.888. The molecular formula is C26H35N5O5. The Kier molecular flexibility index (Phi) is 8.21. The molecule has 10 nitrogen and oxygen atoms in total. The van der Waals surface area contributed by atoms with Crippen LogP contribution in [0.5, 0.6) is 0 Å². The van der Waals surface area contributed by atoms with Crippen molar-refractivity contribution in [1.29, 1.82) is 5.26 Å². The zero-order valence-electron chi connectivity index (χ0n) is 21.0. The molecular weight excluding hydrogens is 462 g/mol. The number of fused-ring (bicyclic) bond motifs is 1. The number of amides is 1. The molecule has 194 valence electrons. The third-order valence-electron chi connectivity index (χ3n) is 7.51. The zero-order chi connectivity index (χ0) is 25.7. The molecule has 1 saturated carbocycles. The maximum absolute atomic E-state index is 12.6. The van der Waals surface area contributed by atoms with Gasteiger partial charge in [0, 0.05) is 18.8 Å². The lowest BCUT2D eigenvalue weighted by Crippen LogP contribution is -2.37. The number of carbonyl (C=O) groups excluding carboxylic acids is 2. The molecule has 1 saturated heterocycles. The molecule has 2 aromatic rings. The lowest BCUT2D eigenvalue weighted by molar-refractivity contribution is -0.150. The Balaban J connectivity index is 1.48. The van der Waals surface area contributed by atoms with Crippen molar-refractivity contribution in [2.45, 2.75) is 89.4 Å². The minimum atomic E-state index is -1.70. The fourth-order valence-electron chi connectivity index (χ4n) is 5.36. The molecule has 2 fully saturated rings. The summed E-state index contributed by atoms with van der Waals surface area (Å²) in [6.45, 7) is 3.89. The predicted octanol–water partition coefficient (Wildman–Crippen LogP) is 3.49. The van der Waals surface area contributed by atoms with Gasteiger partial charge in [0.25, 0.3) is 0 Å². The predicted molar refractivity (Wildman–Crippen MR) is 131 cm³/mol. The summed E-state index contributed by atoms with van der Waals surface area (Å²) in [6.07, 6.45) is 7.08. The van der Waals surface area contributed by atoms with Crippen LogP contribution < -0.4 is 5.32 Å². The van der Waals surface area contributed by atoms with Gasteiger partial charge in [-0.3, -0.25) is 9.59 Å². The van der Waals surface area contributed by atoms with Crippen LogP contribution in [0.15, 0.2) is 18.5 Å². The average molecular weight is 498 g/mol. The smallest absolute Gasteiger partial charge is 0.306 e. The second-order valence-electron chi connectivity index (χ2n) is 9.86. The monoisotopic (exact) mass is 497 g/mol. The minimum Gasteiger partial charge on any atom is -0.463 e. The van der Waals surface area contributed by atoms with Crippen molar-refractivity contribution < 1.29 is 24.2 Å². The van der Waals surface area contributed by atoms with Gasteiger partial charge >= 0.3 is 5.97 Å². The molecule has 1 aliphatic heterocycles. The van der Waals surface area contributed by atoms with E-state index in [2.05, 4.69) is 21.5 Å². The largest absolute Gasteiger partial charge is 0.463 e. The Labute approximate surface area is 211 Å². The Morgan fingerprint density at radius 1 is 1.31 bits per heavy atom. The van der Waals surface area contributed by atoms with Crippen molar-refractivity contribution in [3.8, 4) is 6.07 Å². The zero-order valence-corrected chi connectivity index (χ0v) is 21.0. The first-order valence-corrected chi connectivity index (χ1v) is 13.0. The van der Waals surface area contributed by atoms with Crippen LogP contribution in [-0.2, 0) is 24.7 Å². The van der Waals surface area contributed by atoms with E-state index in [0.717, 1.165) is 25.7 Å². The molecule has 0 spiro atoms. The second kappa shape index (κ2) is 11.4. The summed E-state index contributed by atoms with van der Waals surface area (Å²) in [4.78, 5) is 29.2. The number of hydrogen-bond donors (Lipinski definition) is 2. The molecule has 2 aromatic heterocycles. The van der Waals surface area contributed by atoms with Gasteiger partial charge in [-0.2, -0.15) is 10.4 Å². The van der Waals surface area contributed by atoms with Gasteiger partial charge in [-0.15, -0.1) is 0 Å². The van der Waals surface area contributed by atoms with Gasteiger partial charge in [0.05, 0.1) is 11.8 Å². The van der Waals surface area contributed by atoms with Crippen LogP contribution in [-0.4, -0.2) is 50.4 Å². The number of esters is 1.